The van der Waals surface area contributed by atoms with Crippen LogP contribution in [0.4, 0.5) is 0 Å². The Morgan fingerprint density at radius 2 is 2.06 bits per heavy atom. The number of carbonyl (C=O) groups excluding carboxylic acids is 1. The average molecular weight is 484 g/mol. The minimum absolute atomic E-state index is 0.156. The zero-order valence-electron chi connectivity index (χ0n) is 16.8. The van der Waals surface area contributed by atoms with Crippen LogP contribution in [-0.4, -0.2) is 36.3 Å². The summed E-state index contributed by atoms with van der Waals surface area (Å²) in [7, 11) is 1.46. The molecule has 0 amide bonds. The number of carbonyl (C=O) groups is 1. The zero-order chi connectivity index (χ0) is 22.4. The zero-order valence-corrected chi connectivity index (χ0v) is 18.4. The molecule has 0 spiro atoms. The molecule has 0 aliphatic heterocycles. The number of methoxy groups -OCH3 is 1. The fourth-order valence-corrected chi connectivity index (χ4v) is 3.15. The van der Waals surface area contributed by atoms with Gasteiger partial charge in [0.1, 0.15) is 6.07 Å². The van der Waals surface area contributed by atoms with Crippen molar-refractivity contribution in [1.29, 1.82) is 5.26 Å². The first kappa shape index (κ1) is 22.1. The van der Waals surface area contributed by atoms with E-state index in [1.807, 2.05) is 0 Å². The molecule has 0 unspecified atom stereocenters. The standard InChI is InChI=1S/C22H18BrN3O5/c1-3-30-20(27)12-31-18-7-4-13(9-19(18)29-2)8-14(11-24)21-25-17-6-5-15(23)10-16(17)22(28)26-21/h4-10H,3,12H2,1-2H3,(H,25,26,28). The van der Waals surface area contributed by atoms with Gasteiger partial charge in [0.05, 0.1) is 30.2 Å². The number of aromatic nitrogens is 2. The van der Waals surface area contributed by atoms with Gasteiger partial charge in [0.25, 0.3) is 5.56 Å². The van der Waals surface area contributed by atoms with Crippen molar-refractivity contribution < 1.29 is 19.0 Å². The van der Waals surface area contributed by atoms with Crippen molar-refractivity contribution in [1.82, 2.24) is 9.97 Å². The number of nitrogens with zero attached hydrogens (tertiary/aromatic N) is 2. The smallest absolute Gasteiger partial charge is 0.344 e. The maximum atomic E-state index is 12.4. The Morgan fingerprint density at radius 1 is 1.26 bits per heavy atom. The molecule has 1 N–H and O–H groups in total. The fourth-order valence-electron chi connectivity index (χ4n) is 2.79. The van der Waals surface area contributed by atoms with Crippen LogP contribution in [-0.2, 0) is 9.53 Å². The minimum Gasteiger partial charge on any atom is -0.493 e. The van der Waals surface area contributed by atoms with Gasteiger partial charge in [-0.15, -0.1) is 0 Å². The molecule has 0 aliphatic rings. The summed E-state index contributed by atoms with van der Waals surface area (Å²) < 4.78 is 16.4. The van der Waals surface area contributed by atoms with Gasteiger partial charge >= 0.3 is 5.97 Å². The van der Waals surface area contributed by atoms with Crippen LogP contribution in [0.25, 0.3) is 22.6 Å². The second-order valence-electron chi connectivity index (χ2n) is 6.25. The Kier molecular flexibility index (Phi) is 7.05. The molecular formula is C22H18BrN3O5. The molecule has 31 heavy (non-hydrogen) atoms. The van der Waals surface area contributed by atoms with Gasteiger partial charge in [0.2, 0.25) is 0 Å². The van der Waals surface area contributed by atoms with Crippen LogP contribution in [0.3, 0.4) is 0 Å². The lowest BCUT2D eigenvalue weighted by Gasteiger charge is -2.11. The van der Waals surface area contributed by atoms with Gasteiger partial charge in [-0.05, 0) is 48.9 Å². The van der Waals surface area contributed by atoms with Crippen LogP contribution in [0.5, 0.6) is 11.5 Å². The van der Waals surface area contributed by atoms with E-state index in [0.717, 1.165) is 4.47 Å². The first-order chi connectivity index (χ1) is 14.9. The van der Waals surface area contributed by atoms with Crippen molar-refractivity contribution in [3.63, 3.8) is 0 Å². The summed E-state index contributed by atoms with van der Waals surface area (Å²) in [5.74, 6) is 0.400. The lowest BCUT2D eigenvalue weighted by Crippen LogP contribution is -2.14. The van der Waals surface area contributed by atoms with Gasteiger partial charge in [-0.25, -0.2) is 9.78 Å². The number of hydrogen-bond donors (Lipinski definition) is 1. The normalized spacial score (nSPS) is 11.1. The van der Waals surface area contributed by atoms with Crippen molar-refractivity contribution in [2.24, 2.45) is 0 Å². The number of rotatable bonds is 7. The number of halogens is 1. The molecule has 0 radical (unpaired) electrons. The Bertz CT molecular complexity index is 1260. The maximum Gasteiger partial charge on any atom is 0.344 e. The highest BCUT2D eigenvalue weighted by Gasteiger charge is 2.12. The van der Waals surface area contributed by atoms with Crippen LogP contribution < -0.4 is 15.0 Å². The fraction of sp³-hybridized carbons (Fsp3) is 0.182. The second-order valence-corrected chi connectivity index (χ2v) is 7.17. The largest absolute Gasteiger partial charge is 0.493 e. The molecule has 1 aromatic heterocycles. The average Bonchev–Trinajstić information content (AvgIpc) is 2.76. The quantitative estimate of drug-likeness (QED) is 0.402. The van der Waals surface area contributed by atoms with E-state index in [1.54, 1.807) is 49.4 Å². The number of nitriles is 1. The number of H-pyrrole nitrogens is 1. The second kappa shape index (κ2) is 9.91. The van der Waals surface area contributed by atoms with Crippen LogP contribution in [0, 0.1) is 11.3 Å². The van der Waals surface area contributed by atoms with E-state index in [2.05, 4.69) is 32.0 Å². The van der Waals surface area contributed by atoms with Crippen LogP contribution in [0.15, 0.2) is 45.7 Å². The molecule has 0 aliphatic carbocycles. The third-order valence-electron chi connectivity index (χ3n) is 4.19. The van der Waals surface area contributed by atoms with Gasteiger partial charge in [-0.1, -0.05) is 22.0 Å². The summed E-state index contributed by atoms with van der Waals surface area (Å²) in [4.78, 5) is 31.0. The third-order valence-corrected chi connectivity index (χ3v) is 4.69. The van der Waals surface area contributed by atoms with Gasteiger partial charge in [0, 0.05) is 4.47 Å². The van der Waals surface area contributed by atoms with Crippen molar-refractivity contribution in [2.75, 3.05) is 20.3 Å². The molecular weight excluding hydrogens is 466 g/mol. The number of nitrogens with one attached hydrogen (secondary N) is 1. The monoisotopic (exact) mass is 483 g/mol. The molecule has 1 heterocycles. The van der Waals surface area contributed by atoms with E-state index in [9.17, 15) is 14.9 Å². The Hall–Kier alpha value is -3.64. The van der Waals surface area contributed by atoms with Gasteiger partial charge in [0.15, 0.2) is 23.9 Å². The number of hydrogen-bond acceptors (Lipinski definition) is 7. The summed E-state index contributed by atoms with van der Waals surface area (Å²) in [5, 5.41) is 10.0. The molecule has 0 atom stereocenters. The van der Waals surface area contributed by atoms with Gasteiger partial charge < -0.3 is 19.2 Å². The SMILES string of the molecule is CCOC(=O)COc1ccc(C=C(C#N)c2nc3ccc(Br)cc3c(=O)[nH]2)cc1OC. The van der Waals surface area contributed by atoms with Crippen LogP contribution in [0.2, 0.25) is 0 Å². The number of aromatic amines is 1. The summed E-state index contributed by atoms with van der Waals surface area (Å²) in [6.45, 7) is 1.73. The molecule has 0 fully saturated rings. The Morgan fingerprint density at radius 3 is 2.77 bits per heavy atom. The highest BCUT2D eigenvalue weighted by molar-refractivity contribution is 9.10. The number of fused-ring (bicyclic) bond motifs is 1. The van der Waals surface area contributed by atoms with Crippen molar-refractivity contribution in [3.05, 3.63) is 62.6 Å². The lowest BCUT2D eigenvalue weighted by molar-refractivity contribution is -0.145. The number of benzene rings is 2. The lowest BCUT2D eigenvalue weighted by atomic mass is 10.1. The molecule has 0 saturated heterocycles. The Labute approximate surface area is 186 Å². The predicted molar refractivity (Wildman–Crippen MR) is 119 cm³/mol. The highest BCUT2D eigenvalue weighted by atomic mass is 79.9. The van der Waals surface area contributed by atoms with E-state index in [4.69, 9.17) is 14.2 Å². The molecule has 9 heteroatoms. The van der Waals surface area contributed by atoms with Crippen molar-refractivity contribution in [2.45, 2.75) is 6.92 Å². The minimum atomic E-state index is -0.487. The number of allylic oxidation sites excluding steroid dienone is 1. The van der Waals surface area contributed by atoms with E-state index in [-0.39, 0.29) is 30.2 Å². The summed E-state index contributed by atoms with van der Waals surface area (Å²) in [5.41, 5.74) is 0.922. The summed E-state index contributed by atoms with van der Waals surface area (Å²) >= 11 is 3.33. The van der Waals surface area contributed by atoms with E-state index >= 15 is 0 Å². The number of esters is 1. The highest BCUT2D eigenvalue weighted by Crippen LogP contribution is 2.29. The van der Waals surface area contributed by atoms with E-state index in [0.29, 0.717) is 28.0 Å². The van der Waals surface area contributed by atoms with Crippen molar-refractivity contribution >= 4 is 44.5 Å². The van der Waals surface area contributed by atoms with Crippen LogP contribution in [0.1, 0.15) is 18.3 Å². The molecule has 8 nitrogen and oxygen atoms in total. The first-order valence-electron chi connectivity index (χ1n) is 9.23. The summed E-state index contributed by atoms with van der Waals surface area (Å²) in [6.07, 6.45) is 1.57. The van der Waals surface area contributed by atoms with E-state index in [1.165, 1.54) is 7.11 Å². The molecule has 3 rings (SSSR count). The molecule has 0 saturated carbocycles. The molecule has 3 aromatic rings. The molecule has 0 bridgehead atoms. The third kappa shape index (κ3) is 5.29. The predicted octanol–water partition coefficient (Wildman–Crippen LogP) is 3.70. The molecule has 2 aromatic carbocycles. The topological polar surface area (TPSA) is 114 Å². The number of ether oxygens (including phenoxy) is 3. The van der Waals surface area contributed by atoms with Gasteiger partial charge in [-0.3, -0.25) is 4.79 Å². The van der Waals surface area contributed by atoms with Crippen LogP contribution >= 0.6 is 15.9 Å². The Balaban J connectivity index is 1.93. The van der Waals surface area contributed by atoms with Gasteiger partial charge in [-0.2, -0.15) is 5.26 Å². The summed E-state index contributed by atoms with van der Waals surface area (Å²) in [6, 6.07) is 12.2. The first-order valence-corrected chi connectivity index (χ1v) is 10.0. The van der Waals surface area contributed by atoms with E-state index < -0.39 is 5.97 Å². The molecule has 158 valence electrons. The maximum absolute atomic E-state index is 12.4. The van der Waals surface area contributed by atoms with Crippen molar-refractivity contribution in [3.8, 4) is 17.6 Å².